The Morgan fingerprint density at radius 2 is 1.16 bits per heavy atom. The average Bonchev–Trinajstić information content (AvgIpc) is 2.84. The van der Waals surface area contributed by atoms with Crippen LogP contribution in [-0.2, 0) is 0 Å². The standard InChI is InChI=1S/C24H15N5O2/c30-24(31)22-9-4-8-19(27-22)21-13-11-15-10-12-20(28-23(15)29-21)18-7-3-6-17(26-18)16-5-1-2-14-25-16/h1-14H,(H,30,31). The molecule has 0 radical (unpaired) electrons. The van der Waals surface area contributed by atoms with Gasteiger partial charge in [0.25, 0.3) is 0 Å². The lowest BCUT2D eigenvalue weighted by atomic mass is 10.1. The quantitative estimate of drug-likeness (QED) is 0.469. The van der Waals surface area contributed by atoms with Crippen molar-refractivity contribution in [1.29, 1.82) is 0 Å². The molecule has 0 aliphatic heterocycles. The number of pyridine rings is 5. The molecule has 5 aromatic rings. The number of aromatic carboxylic acids is 1. The first-order valence-electron chi connectivity index (χ1n) is 9.55. The lowest BCUT2D eigenvalue weighted by molar-refractivity contribution is 0.0690. The summed E-state index contributed by atoms with van der Waals surface area (Å²) in [6.07, 6.45) is 1.73. The van der Waals surface area contributed by atoms with E-state index in [9.17, 15) is 9.90 Å². The molecule has 0 atom stereocenters. The number of aromatic nitrogens is 5. The summed E-state index contributed by atoms with van der Waals surface area (Å²) in [6, 6.07) is 23.8. The summed E-state index contributed by atoms with van der Waals surface area (Å²) in [5.41, 5.74) is 4.47. The highest BCUT2D eigenvalue weighted by Gasteiger charge is 2.10. The lowest BCUT2D eigenvalue weighted by Crippen LogP contribution is -2.01. The Balaban J connectivity index is 1.56. The van der Waals surface area contributed by atoms with Gasteiger partial charge in [0.15, 0.2) is 5.65 Å². The second-order valence-corrected chi connectivity index (χ2v) is 6.78. The van der Waals surface area contributed by atoms with Crippen LogP contribution in [0.3, 0.4) is 0 Å². The van der Waals surface area contributed by atoms with Crippen LogP contribution in [0, 0.1) is 0 Å². The van der Waals surface area contributed by atoms with Crippen molar-refractivity contribution in [3.8, 4) is 34.2 Å². The summed E-state index contributed by atoms with van der Waals surface area (Å²) in [5.74, 6) is -1.08. The van der Waals surface area contributed by atoms with Crippen molar-refractivity contribution in [2.75, 3.05) is 0 Å². The maximum absolute atomic E-state index is 11.2. The Hall–Kier alpha value is -4.52. The summed E-state index contributed by atoms with van der Waals surface area (Å²) in [5, 5.41) is 10.1. The van der Waals surface area contributed by atoms with Gasteiger partial charge in [-0.15, -0.1) is 0 Å². The summed E-state index contributed by atoms with van der Waals surface area (Å²) in [7, 11) is 0. The van der Waals surface area contributed by atoms with Crippen LogP contribution in [0.2, 0.25) is 0 Å². The number of carboxylic acid groups (broad SMARTS) is 1. The number of fused-ring (bicyclic) bond motifs is 1. The van der Waals surface area contributed by atoms with Gasteiger partial charge in [0.2, 0.25) is 0 Å². The Labute approximate surface area is 177 Å². The number of carboxylic acids is 1. The molecule has 7 heteroatoms. The van der Waals surface area contributed by atoms with Crippen molar-refractivity contribution in [3.05, 3.63) is 90.8 Å². The van der Waals surface area contributed by atoms with Crippen molar-refractivity contribution in [3.63, 3.8) is 0 Å². The molecule has 148 valence electrons. The molecule has 31 heavy (non-hydrogen) atoms. The van der Waals surface area contributed by atoms with Crippen molar-refractivity contribution in [1.82, 2.24) is 24.9 Å². The van der Waals surface area contributed by atoms with Gasteiger partial charge in [0.05, 0.1) is 34.2 Å². The van der Waals surface area contributed by atoms with Gasteiger partial charge in [-0.3, -0.25) is 4.98 Å². The van der Waals surface area contributed by atoms with E-state index in [0.717, 1.165) is 16.8 Å². The van der Waals surface area contributed by atoms with E-state index in [-0.39, 0.29) is 5.69 Å². The number of nitrogens with zero attached hydrogens (tertiary/aromatic N) is 5. The van der Waals surface area contributed by atoms with E-state index in [0.29, 0.717) is 28.4 Å². The van der Waals surface area contributed by atoms with Gasteiger partial charge < -0.3 is 5.11 Å². The van der Waals surface area contributed by atoms with Gasteiger partial charge in [-0.05, 0) is 60.7 Å². The van der Waals surface area contributed by atoms with Crippen LogP contribution < -0.4 is 0 Å². The summed E-state index contributed by atoms with van der Waals surface area (Å²) in [4.78, 5) is 33.7. The first-order chi connectivity index (χ1) is 15.2. The molecule has 5 aromatic heterocycles. The topological polar surface area (TPSA) is 102 Å². The maximum atomic E-state index is 11.2. The number of rotatable bonds is 4. The van der Waals surface area contributed by atoms with E-state index in [1.807, 2.05) is 54.6 Å². The molecule has 5 rings (SSSR count). The Bertz CT molecular complexity index is 1420. The fraction of sp³-hybridized carbons (Fsp3) is 0. The molecule has 0 unspecified atom stereocenters. The molecule has 1 N–H and O–H groups in total. The van der Waals surface area contributed by atoms with Crippen LogP contribution in [0.1, 0.15) is 10.5 Å². The highest BCUT2D eigenvalue weighted by molar-refractivity contribution is 5.86. The predicted octanol–water partition coefficient (Wildman–Crippen LogP) is 4.51. The summed E-state index contributed by atoms with van der Waals surface area (Å²) in [6.45, 7) is 0. The SMILES string of the molecule is O=C(O)c1cccc(-c2ccc3ccc(-c4cccc(-c5ccccn5)n4)nc3n2)n1. The first-order valence-corrected chi connectivity index (χ1v) is 9.55. The second-order valence-electron chi connectivity index (χ2n) is 6.78. The van der Waals surface area contributed by atoms with Crippen LogP contribution in [0.15, 0.2) is 85.1 Å². The molecule has 0 aliphatic carbocycles. The summed E-state index contributed by atoms with van der Waals surface area (Å²) < 4.78 is 0. The fourth-order valence-corrected chi connectivity index (χ4v) is 3.21. The molecular weight excluding hydrogens is 390 g/mol. The van der Waals surface area contributed by atoms with Gasteiger partial charge in [0, 0.05) is 11.6 Å². The van der Waals surface area contributed by atoms with Crippen molar-refractivity contribution in [2.45, 2.75) is 0 Å². The molecule has 0 spiro atoms. The molecule has 0 saturated heterocycles. The minimum atomic E-state index is -1.08. The van der Waals surface area contributed by atoms with Crippen molar-refractivity contribution < 1.29 is 9.90 Å². The fourth-order valence-electron chi connectivity index (χ4n) is 3.21. The van der Waals surface area contributed by atoms with Crippen molar-refractivity contribution >= 4 is 17.0 Å². The van der Waals surface area contributed by atoms with E-state index in [4.69, 9.17) is 4.98 Å². The van der Waals surface area contributed by atoms with Crippen LogP contribution >= 0.6 is 0 Å². The number of hydrogen-bond acceptors (Lipinski definition) is 6. The Kier molecular flexibility index (Phi) is 4.61. The predicted molar refractivity (Wildman–Crippen MR) is 116 cm³/mol. The molecule has 0 aromatic carbocycles. The zero-order valence-corrected chi connectivity index (χ0v) is 16.2. The van der Waals surface area contributed by atoms with Crippen molar-refractivity contribution in [2.24, 2.45) is 0 Å². The average molecular weight is 405 g/mol. The molecule has 5 heterocycles. The van der Waals surface area contributed by atoms with E-state index in [2.05, 4.69) is 19.9 Å². The van der Waals surface area contributed by atoms with Crippen LogP contribution in [0.5, 0.6) is 0 Å². The van der Waals surface area contributed by atoms with E-state index in [1.54, 1.807) is 24.4 Å². The molecule has 7 nitrogen and oxygen atoms in total. The third-order valence-electron chi connectivity index (χ3n) is 4.72. The first kappa shape index (κ1) is 18.5. The third kappa shape index (κ3) is 3.72. The molecule has 0 aliphatic rings. The smallest absolute Gasteiger partial charge is 0.354 e. The zero-order valence-electron chi connectivity index (χ0n) is 16.2. The normalized spacial score (nSPS) is 10.8. The molecule has 0 fully saturated rings. The highest BCUT2D eigenvalue weighted by atomic mass is 16.4. The van der Waals surface area contributed by atoms with Crippen LogP contribution in [-0.4, -0.2) is 36.0 Å². The van der Waals surface area contributed by atoms with Gasteiger partial charge >= 0.3 is 5.97 Å². The maximum Gasteiger partial charge on any atom is 0.354 e. The van der Waals surface area contributed by atoms with Crippen LogP contribution in [0.4, 0.5) is 0 Å². The molecule has 0 saturated carbocycles. The third-order valence-corrected chi connectivity index (χ3v) is 4.72. The highest BCUT2D eigenvalue weighted by Crippen LogP contribution is 2.24. The Morgan fingerprint density at radius 1 is 0.581 bits per heavy atom. The minimum absolute atomic E-state index is 0.0309. The second kappa shape index (κ2) is 7.72. The monoisotopic (exact) mass is 405 g/mol. The number of hydrogen-bond donors (Lipinski definition) is 1. The van der Waals surface area contributed by atoms with Gasteiger partial charge in [-0.25, -0.2) is 24.7 Å². The zero-order chi connectivity index (χ0) is 21.2. The summed E-state index contributed by atoms with van der Waals surface area (Å²) >= 11 is 0. The Morgan fingerprint density at radius 3 is 1.81 bits per heavy atom. The number of carbonyl (C=O) groups is 1. The van der Waals surface area contributed by atoms with Gasteiger partial charge in [0.1, 0.15) is 5.69 Å². The van der Waals surface area contributed by atoms with Crippen LogP contribution in [0.25, 0.3) is 45.2 Å². The molecule has 0 amide bonds. The van der Waals surface area contributed by atoms with Gasteiger partial charge in [-0.1, -0.05) is 18.2 Å². The van der Waals surface area contributed by atoms with E-state index >= 15 is 0 Å². The largest absolute Gasteiger partial charge is 0.477 e. The minimum Gasteiger partial charge on any atom is -0.477 e. The van der Waals surface area contributed by atoms with E-state index in [1.165, 1.54) is 6.07 Å². The van der Waals surface area contributed by atoms with E-state index < -0.39 is 5.97 Å². The lowest BCUT2D eigenvalue weighted by Gasteiger charge is -2.06. The molecule has 0 bridgehead atoms. The van der Waals surface area contributed by atoms with Gasteiger partial charge in [-0.2, -0.15) is 0 Å². The molecular formula is C24H15N5O2.